The molecule has 42 heavy (non-hydrogen) atoms. The van der Waals surface area contributed by atoms with Gasteiger partial charge in [-0.25, -0.2) is 0 Å². The molecule has 3 heterocycles. The Kier molecular flexibility index (Phi) is 4.18. The van der Waals surface area contributed by atoms with Crippen molar-refractivity contribution in [1.29, 1.82) is 0 Å². The van der Waals surface area contributed by atoms with Gasteiger partial charge in [0.2, 0.25) is 0 Å². The first kappa shape index (κ1) is 22.8. The molecule has 2 aromatic heterocycles. The van der Waals surface area contributed by atoms with Gasteiger partial charge in [-0.15, -0.1) is 11.3 Å². The molecule has 0 N–H and O–H groups in total. The molecule has 6 aromatic carbocycles. The number of thiophene rings is 1. The highest BCUT2D eigenvalue weighted by Gasteiger charge is 2.36. The molecule has 8 aromatic rings. The van der Waals surface area contributed by atoms with Gasteiger partial charge in [-0.1, -0.05) is 86.6 Å². The fourth-order valence-electron chi connectivity index (χ4n) is 7.78. The number of aromatic nitrogens is 1. The molecule has 2 nitrogen and oxygen atoms in total. The quantitative estimate of drug-likeness (QED) is 0.196. The summed E-state index contributed by atoms with van der Waals surface area (Å²) in [5, 5.41) is 5.29. The number of para-hydroxylation sites is 3. The van der Waals surface area contributed by atoms with E-state index in [1.807, 2.05) is 11.3 Å². The van der Waals surface area contributed by atoms with Crippen LogP contribution in [-0.4, -0.2) is 4.57 Å². The Morgan fingerprint density at radius 1 is 0.524 bits per heavy atom. The molecule has 1 aliphatic carbocycles. The van der Waals surface area contributed by atoms with Crippen LogP contribution >= 0.6 is 11.3 Å². The van der Waals surface area contributed by atoms with Gasteiger partial charge in [-0.3, -0.25) is 0 Å². The first-order valence-corrected chi connectivity index (χ1v) is 15.4. The Labute approximate surface area is 247 Å². The van der Waals surface area contributed by atoms with E-state index in [4.69, 9.17) is 0 Å². The molecule has 0 atom stereocenters. The zero-order valence-electron chi connectivity index (χ0n) is 23.3. The van der Waals surface area contributed by atoms with Crippen molar-refractivity contribution in [3.63, 3.8) is 0 Å². The predicted octanol–water partition coefficient (Wildman–Crippen LogP) is 11.2. The van der Waals surface area contributed by atoms with Crippen LogP contribution in [0.3, 0.4) is 0 Å². The molecular formula is C39H26N2S. The molecule has 3 heteroatoms. The molecular weight excluding hydrogens is 529 g/mol. The minimum absolute atomic E-state index is 0.0489. The van der Waals surface area contributed by atoms with Gasteiger partial charge in [0.15, 0.2) is 0 Å². The molecule has 0 radical (unpaired) electrons. The van der Waals surface area contributed by atoms with Gasteiger partial charge in [-0.2, -0.15) is 0 Å². The summed E-state index contributed by atoms with van der Waals surface area (Å²) in [7, 11) is 0. The first-order valence-electron chi connectivity index (χ1n) is 14.6. The lowest BCUT2D eigenvalue weighted by atomic mass is 9.82. The summed E-state index contributed by atoms with van der Waals surface area (Å²) in [6.45, 7) is 4.72. The van der Waals surface area contributed by atoms with Gasteiger partial charge in [0.25, 0.3) is 0 Å². The third kappa shape index (κ3) is 2.70. The van der Waals surface area contributed by atoms with Crippen LogP contribution < -0.4 is 4.90 Å². The summed E-state index contributed by atoms with van der Waals surface area (Å²) < 4.78 is 5.19. The van der Waals surface area contributed by atoms with Crippen molar-refractivity contribution in [2.24, 2.45) is 0 Å². The van der Waals surface area contributed by atoms with Gasteiger partial charge in [-0.05, 0) is 70.8 Å². The Balaban J connectivity index is 1.28. The molecule has 0 fully saturated rings. The molecule has 10 rings (SSSR count). The largest absolute Gasteiger partial charge is 0.306 e. The lowest BCUT2D eigenvalue weighted by Crippen LogP contribution is -2.19. The van der Waals surface area contributed by atoms with Crippen LogP contribution in [0.15, 0.2) is 121 Å². The van der Waals surface area contributed by atoms with Crippen molar-refractivity contribution in [2.75, 3.05) is 4.90 Å². The Bertz CT molecular complexity index is 2460. The minimum Gasteiger partial charge on any atom is -0.306 e. The van der Waals surface area contributed by atoms with Crippen LogP contribution in [0.2, 0.25) is 0 Å². The number of hydrogen-bond donors (Lipinski definition) is 0. The first-order chi connectivity index (χ1) is 20.6. The van der Waals surface area contributed by atoms with Crippen molar-refractivity contribution in [2.45, 2.75) is 19.3 Å². The number of benzene rings is 6. The molecule has 1 aliphatic heterocycles. The molecule has 0 saturated heterocycles. The number of rotatable bonds is 1. The smallest absolute Gasteiger partial charge is 0.0783 e. The van der Waals surface area contributed by atoms with E-state index in [-0.39, 0.29) is 5.41 Å². The molecule has 198 valence electrons. The summed E-state index contributed by atoms with van der Waals surface area (Å²) >= 11 is 1.89. The monoisotopic (exact) mass is 554 g/mol. The Hall–Kier alpha value is -4.86. The van der Waals surface area contributed by atoms with Crippen LogP contribution in [0.4, 0.5) is 17.1 Å². The van der Waals surface area contributed by atoms with Crippen LogP contribution in [0.1, 0.15) is 25.0 Å². The highest BCUT2D eigenvalue weighted by Crippen LogP contribution is 2.54. The summed E-state index contributed by atoms with van der Waals surface area (Å²) in [6.07, 6.45) is 0. The fourth-order valence-corrected chi connectivity index (χ4v) is 8.90. The van der Waals surface area contributed by atoms with E-state index in [1.54, 1.807) is 0 Å². The summed E-state index contributed by atoms with van der Waals surface area (Å²) in [5.41, 5.74) is 12.9. The summed E-state index contributed by atoms with van der Waals surface area (Å²) in [4.78, 5) is 2.48. The number of fused-ring (bicyclic) bond motifs is 11. The maximum atomic E-state index is 2.50. The number of nitrogens with zero attached hydrogens (tertiary/aromatic N) is 2. The van der Waals surface area contributed by atoms with Crippen LogP contribution in [0.25, 0.3) is 58.8 Å². The van der Waals surface area contributed by atoms with Crippen molar-refractivity contribution >= 4 is 70.4 Å². The Morgan fingerprint density at radius 3 is 2.19 bits per heavy atom. The fraction of sp³-hybridized carbons (Fsp3) is 0.0769. The second kappa shape index (κ2) is 7.70. The zero-order chi connectivity index (χ0) is 27.7. The maximum Gasteiger partial charge on any atom is 0.0783 e. The standard InChI is InChI=1S/C39H26N2S/c1-39(2)30-13-5-3-10-24(30)25-19-18-23(20-31(25)39)40-32-14-6-7-15-33(32)41-35-21-29-26-11-4-8-17-36(26)42-37(29)22-28(35)27-12-9-16-34(40)38(27)41/h3-22H,1-2H3. The second-order valence-corrected chi connectivity index (χ2v) is 13.3. The molecule has 0 unspecified atom stereocenters. The zero-order valence-corrected chi connectivity index (χ0v) is 24.2. The van der Waals surface area contributed by atoms with E-state index in [2.05, 4.69) is 145 Å². The van der Waals surface area contributed by atoms with Gasteiger partial charge < -0.3 is 9.47 Å². The molecule has 0 bridgehead atoms. The summed E-state index contributed by atoms with van der Waals surface area (Å²) in [5.74, 6) is 0. The average Bonchev–Trinajstić information content (AvgIpc) is 3.63. The molecule has 0 amide bonds. The van der Waals surface area contributed by atoms with E-state index in [9.17, 15) is 0 Å². The normalized spacial score (nSPS) is 14.6. The van der Waals surface area contributed by atoms with Crippen molar-refractivity contribution in [3.8, 4) is 16.8 Å². The number of hydrogen-bond acceptors (Lipinski definition) is 2. The third-order valence-electron chi connectivity index (χ3n) is 9.69. The molecule has 0 spiro atoms. The minimum atomic E-state index is -0.0489. The van der Waals surface area contributed by atoms with Gasteiger partial charge in [0, 0.05) is 42.0 Å². The van der Waals surface area contributed by atoms with E-state index < -0.39 is 0 Å². The van der Waals surface area contributed by atoms with Gasteiger partial charge >= 0.3 is 0 Å². The van der Waals surface area contributed by atoms with Crippen LogP contribution in [0.5, 0.6) is 0 Å². The highest BCUT2D eigenvalue weighted by atomic mass is 32.1. The number of anilines is 3. The lowest BCUT2D eigenvalue weighted by molar-refractivity contribution is 0.660. The third-order valence-corrected chi connectivity index (χ3v) is 10.8. The van der Waals surface area contributed by atoms with Gasteiger partial charge in [0.1, 0.15) is 0 Å². The lowest BCUT2D eigenvalue weighted by Gasteiger charge is -2.34. The van der Waals surface area contributed by atoms with Crippen LogP contribution in [0, 0.1) is 0 Å². The van der Waals surface area contributed by atoms with E-state index >= 15 is 0 Å². The van der Waals surface area contributed by atoms with Gasteiger partial charge in [0.05, 0.1) is 28.1 Å². The molecule has 0 saturated carbocycles. The highest BCUT2D eigenvalue weighted by molar-refractivity contribution is 7.25. The second-order valence-electron chi connectivity index (χ2n) is 12.2. The van der Waals surface area contributed by atoms with Crippen molar-refractivity contribution in [3.05, 3.63) is 132 Å². The topological polar surface area (TPSA) is 8.17 Å². The maximum absolute atomic E-state index is 2.50. The molecule has 2 aliphatic rings. The van der Waals surface area contributed by atoms with E-state index in [0.29, 0.717) is 0 Å². The summed E-state index contributed by atoms with van der Waals surface area (Å²) in [6, 6.07) is 45.3. The van der Waals surface area contributed by atoms with E-state index in [1.165, 1.54) is 87.0 Å². The van der Waals surface area contributed by atoms with Crippen molar-refractivity contribution in [1.82, 2.24) is 4.57 Å². The van der Waals surface area contributed by atoms with Crippen LogP contribution in [-0.2, 0) is 5.41 Å². The van der Waals surface area contributed by atoms with Crippen molar-refractivity contribution < 1.29 is 0 Å². The Morgan fingerprint density at radius 2 is 1.26 bits per heavy atom. The average molecular weight is 555 g/mol. The van der Waals surface area contributed by atoms with E-state index in [0.717, 1.165) is 0 Å². The SMILES string of the molecule is CC1(C)c2ccccc2-c2ccc(N3c4ccccc4-n4c5cc6c(cc5c5cccc3c54)sc3ccccc36)cc21. The predicted molar refractivity (Wildman–Crippen MR) is 179 cm³/mol.